The number of carbonyl (C=O) groups is 1. The topological polar surface area (TPSA) is 56.8 Å². The molecule has 0 spiro atoms. The summed E-state index contributed by atoms with van der Waals surface area (Å²) in [5.41, 5.74) is 0.783. The molecular formula is C12H17NO4. The summed E-state index contributed by atoms with van der Waals surface area (Å²) in [6.07, 6.45) is 0. The van der Waals surface area contributed by atoms with Crippen LogP contribution in [0.1, 0.15) is 12.5 Å². The molecule has 5 nitrogen and oxygen atoms in total. The summed E-state index contributed by atoms with van der Waals surface area (Å²) in [7, 11) is 4.69. The monoisotopic (exact) mass is 239 g/mol. The lowest BCUT2D eigenvalue weighted by Crippen LogP contribution is -2.19. The number of hydrogen-bond donors (Lipinski definition) is 1. The van der Waals surface area contributed by atoms with Crippen molar-refractivity contribution >= 4 is 5.91 Å². The third-order valence-corrected chi connectivity index (χ3v) is 2.33. The van der Waals surface area contributed by atoms with Gasteiger partial charge in [-0.15, -0.1) is 0 Å². The van der Waals surface area contributed by atoms with Crippen LogP contribution in [0.15, 0.2) is 12.1 Å². The van der Waals surface area contributed by atoms with Crippen LogP contribution in [0.3, 0.4) is 0 Å². The van der Waals surface area contributed by atoms with Gasteiger partial charge in [-0.2, -0.15) is 0 Å². The summed E-state index contributed by atoms with van der Waals surface area (Å²) in [5, 5.41) is 2.71. The summed E-state index contributed by atoms with van der Waals surface area (Å²) in [4.78, 5) is 10.9. The lowest BCUT2D eigenvalue weighted by atomic mass is 10.1. The minimum atomic E-state index is -0.107. The summed E-state index contributed by atoms with van der Waals surface area (Å²) in [5.74, 6) is 1.78. The second-order valence-electron chi connectivity index (χ2n) is 3.42. The van der Waals surface area contributed by atoms with Gasteiger partial charge < -0.3 is 19.5 Å². The molecule has 0 aliphatic heterocycles. The first-order valence-electron chi connectivity index (χ1n) is 5.15. The lowest BCUT2D eigenvalue weighted by Gasteiger charge is -2.15. The van der Waals surface area contributed by atoms with E-state index in [2.05, 4.69) is 5.32 Å². The lowest BCUT2D eigenvalue weighted by molar-refractivity contribution is -0.119. The van der Waals surface area contributed by atoms with E-state index in [1.807, 2.05) is 0 Å². The van der Waals surface area contributed by atoms with Crippen LogP contribution in [0.4, 0.5) is 0 Å². The van der Waals surface area contributed by atoms with Gasteiger partial charge in [-0.1, -0.05) is 0 Å². The van der Waals surface area contributed by atoms with E-state index in [-0.39, 0.29) is 5.91 Å². The Morgan fingerprint density at radius 3 is 2.00 bits per heavy atom. The van der Waals surface area contributed by atoms with Crippen molar-refractivity contribution in [2.75, 3.05) is 21.3 Å². The van der Waals surface area contributed by atoms with Crippen LogP contribution in [-0.2, 0) is 11.3 Å². The van der Waals surface area contributed by atoms with E-state index in [0.29, 0.717) is 23.8 Å². The standard InChI is InChI=1S/C12H17NO4/c1-8(14)13-7-10-11(16-3)5-9(15-2)6-12(10)17-4/h5-6H,7H2,1-4H3,(H,13,14). The van der Waals surface area contributed by atoms with Gasteiger partial charge in [0.05, 0.1) is 33.4 Å². The Bertz CT molecular complexity index is 378. The zero-order valence-corrected chi connectivity index (χ0v) is 10.5. The maximum atomic E-state index is 10.9. The summed E-state index contributed by atoms with van der Waals surface area (Å²) >= 11 is 0. The summed E-state index contributed by atoms with van der Waals surface area (Å²) in [6, 6.07) is 3.50. The zero-order chi connectivity index (χ0) is 12.8. The van der Waals surface area contributed by atoms with Crippen molar-refractivity contribution < 1.29 is 19.0 Å². The third-order valence-electron chi connectivity index (χ3n) is 2.33. The number of methoxy groups -OCH3 is 3. The van der Waals surface area contributed by atoms with Gasteiger partial charge in [0.1, 0.15) is 17.2 Å². The van der Waals surface area contributed by atoms with Gasteiger partial charge in [0.2, 0.25) is 5.91 Å². The zero-order valence-electron chi connectivity index (χ0n) is 10.5. The van der Waals surface area contributed by atoms with Crippen LogP contribution >= 0.6 is 0 Å². The number of benzene rings is 1. The van der Waals surface area contributed by atoms with Crippen molar-refractivity contribution in [3.8, 4) is 17.2 Å². The van der Waals surface area contributed by atoms with Crippen molar-refractivity contribution in [1.82, 2.24) is 5.32 Å². The van der Waals surface area contributed by atoms with Crippen LogP contribution in [-0.4, -0.2) is 27.2 Å². The van der Waals surface area contributed by atoms with Crippen molar-refractivity contribution in [1.29, 1.82) is 0 Å². The van der Waals surface area contributed by atoms with Gasteiger partial charge in [0.25, 0.3) is 0 Å². The molecule has 0 aliphatic rings. The minimum Gasteiger partial charge on any atom is -0.496 e. The fourth-order valence-corrected chi connectivity index (χ4v) is 1.46. The van der Waals surface area contributed by atoms with Gasteiger partial charge in [0.15, 0.2) is 0 Å². The normalized spacial score (nSPS) is 9.65. The number of amides is 1. The molecule has 0 saturated carbocycles. The molecule has 17 heavy (non-hydrogen) atoms. The maximum absolute atomic E-state index is 10.9. The largest absolute Gasteiger partial charge is 0.496 e. The first kappa shape index (κ1) is 13.2. The molecule has 94 valence electrons. The van der Waals surface area contributed by atoms with Crippen LogP contribution in [0.25, 0.3) is 0 Å². The Morgan fingerprint density at radius 1 is 1.12 bits per heavy atom. The Kier molecular flexibility index (Phi) is 4.63. The minimum absolute atomic E-state index is 0.107. The molecule has 1 aromatic carbocycles. The fourth-order valence-electron chi connectivity index (χ4n) is 1.46. The highest BCUT2D eigenvalue weighted by Crippen LogP contribution is 2.33. The Hall–Kier alpha value is -1.91. The molecular weight excluding hydrogens is 222 g/mol. The molecule has 1 amide bonds. The van der Waals surface area contributed by atoms with Crippen LogP contribution in [0.2, 0.25) is 0 Å². The second kappa shape index (κ2) is 5.98. The molecule has 0 aromatic heterocycles. The van der Waals surface area contributed by atoms with Gasteiger partial charge in [-0.25, -0.2) is 0 Å². The van der Waals surface area contributed by atoms with E-state index in [1.165, 1.54) is 6.92 Å². The molecule has 0 atom stereocenters. The van der Waals surface area contributed by atoms with E-state index < -0.39 is 0 Å². The Morgan fingerprint density at radius 2 is 1.65 bits per heavy atom. The summed E-state index contributed by atoms with van der Waals surface area (Å²) in [6.45, 7) is 1.81. The molecule has 0 bridgehead atoms. The van der Waals surface area contributed by atoms with Crippen molar-refractivity contribution in [2.45, 2.75) is 13.5 Å². The SMILES string of the molecule is COc1cc(OC)c(CNC(C)=O)c(OC)c1. The van der Waals surface area contributed by atoms with Crippen LogP contribution in [0, 0.1) is 0 Å². The number of nitrogens with one attached hydrogen (secondary N) is 1. The Labute approximate surface area is 101 Å². The van der Waals surface area contributed by atoms with E-state index in [0.717, 1.165) is 5.56 Å². The van der Waals surface area contributed by atoms with Crippen molar-refractivity contribution in [3.05, 3.63) is 17.7 Å². The van der Waals surface area contributed by atoms with Crippen LogP contribution < -0.4 is 19.5 Å². The molecule has 0 saturated heterocycles. The maximum Gasteiger partial charge on any atom is 0.217 e. The molecule has 1 aromatic rings. The van der Waals surface area contributed by atoms with E-state index in [1.54, 1.807) is 33.5 Å². The summed E-state index contributed by atoms with van der Waals surface area (Å²) < 4.78 is 15.6. The highest BCUT2D eigenvalue weighted by atomic mass is 16.5. The molecule has 0 fully saturated rings. The second-order valence-corrected chi connectivity index (χ2v) is 3.42. The Balaban J connectivity index is 3.10. The fraction of sp³-hybridized carbons (Fsp3) is 0.417. The molecule has 1 N–H and O–H groups in total. The average Bonchev–Trinajstić information content (AvgIpc) is 2.34. The van der Waals surface area contributed by atoms with Gasteiger partial charge in [0, 0.05) is 19.1 Å². The molecule has 0 aliphatic carbocycles. The molecule has 0 heterocycles. The van der Waals surface area contributed by atoms with Crippen molar-refractivity contribution in [2.24, 2.45) is 0 Å². The van der Waals surface area contributed by atoms with Crippen LogP contribution in [0.5, 0.6) is 17.2 Å². The van der Waals surface area contributed by atoms with E-state index >= 15 is 0 Å². The third kappa shape index (κ3) is 3.27. The highest BCUT2D eigenvalue weighted by Gasteiger charge is 2.13. The van der Waals surface area contributed by atoms with Gasteiger partial charge in [-0.3, -0.25) is 4.79 Å². The average molecular weight is 239 g/mol. The molecule has 5 heteroatoms. The van der Waals surface area contributed by atoms with Gasteiger partial charge in [-0.05, 0) is 0 Å². The molecule has 0 unspecified atom stereocenters. The molecule has 1 rings (SSSR count). The van der Waals surface area contributed by atoms with E-state index in [4.69, 9.17) is 14.2 Å². The predicted octanol–water partition coefficient (Wildman–Crippen LogP) is 1.35. The van der Waals surface area contributed by atoms with Gasteiger partial charge >= 0.3 is 0 Å². The van der Waals surface area contributed by atoms with E-state index in [9.17, 15) is 4.79 Å². The number of hydrogen-bond acceptors (Lipinski definition) is 4. The quantitative estimate of drug-likeness (QED) is 0.842. The first-order chi connectivity index (χ1) is 8.12. The number of rotatable bonds is 5. The predicted molar refractivity (Wildman–Crippen MR) is 63.6 cm³/mol. The smallest absolute Gasteiger partial charge is 0.217 e. The highest BCUT2D eigenvalue weighted by molar-refractivity contribution is 5.73. The first-order valence-corrected chi connectivity index (χ1v) is 5.15. The van der Waals surface area contributed by atoms with Crippen molar-refractivity contribution in [3.63, 3.8) is 0 Å². The number of carbonyl (C=O) groups excluding carboxylic acids is 1. The molecule has 0 radical (unpaired) electrons. The number of ether oxygens (including phenoxy) is 3.